The van der Waals surface area contributed by atoms with E-state index in [-0.39, 0.29) is 12.5 Å². The Labute approximate surface area is 127 Å². The van der Waals surface area contributed by atoms with E-state index in [4.69, 9.17) is 10.5 Å². The second kappa shape index (κ2) is 5.77. The van der Waals surface area contributed by atoms with Crippen molar-refractivity contribution in [2.75, 3.05) is 17.2 Å². The lowest BCUT2D eigenvalue weighted by atomic mass is 10.1. The monoisotopic (exact) mass is 297 g/mol. The minimum absolute atomic E-state index is 0.00764. The Hall–Kier alpha value is -3.02. The number of ether oxygens (including phenoxy) is 1. The SMILES string of the molecule is NC(=O)C(Nc1ccc2c(c1)NC(=O)CO2)c1ccccc1. The largest absolute Gasteiger partial charge is 0.482 e. The zero-order valence-corrected chi connectivity index (χ0v) is 11.7. The van der Waals surface area contributed by atoms with Crippen LogP contribution in [0.15, 0.2) is 48.5 Å². The van der Waals surface area contributed by atoms with Crippen LogP contribution in [0.1, 0.15) is 11.6 Å². The van der Waals surface area contributed by atoms with E-state index in [0.717, 1.165) is 5.56 Å². The molecule has 0 fully saturated rings. The van der Waals surface area contributed by atoms with Crippen LogP contribution in [0.3, 0.4) is 0 Å². The second-order valence-electron chi connectivity index (χ2n) is 4.94. The zero-order valence-electron chi connectivity index (χ0n) is 11.7. The van der Waals surface area contributed by atoms with Gasteiger partial charge < -0.3 is 21.1 Å². The summed E-state index contributed by atoms with van der Waals surface area (Å²) in [7, 11) is 0. The minimum Gasteiger partial charge on any atom is -0.482 e. The van der Waals surface area contributed by atoms with Crippen molar-refractivity contribution >= 4 is 23.2 Å². The second-order valence-corrected chi connectivity index (χ2v) is 4.94. The number of nitrogens with two attached hydrogens (primary N) is 1. The van der Waals surface area contributed by atoms with Crippen LogP contribution in [-0.4, -0.2) is 18.4 Å². The van der Waals surface area contributed by atoms with Crippen LogP contribution in [-0.2, 0) is 9.59 Å². The number of amides is 2. The average Bonchev–Trinajstić information content (AvgIpc) is 2.52. The number of hydrogen-bond acceptors (Lipinski definition) is 4. The summed E-state index contributed by atoms with van der Waals surface area (Å²) >= 11 is 0. The van der Waals surface area contributed by atoms with Gasteiger partial charge in [0.15, 0.2) is 6.61 Å². The number of hydrogen-bond donors (Lipinski definition) is 3. The fourth-order valence-electron chi connectivity index (χ4n) is 2.30. The first kappa shape index (κ1) is 13.9. The predicted molar refractivity (Wildman–Crippen MR) is 82.6 cm³/mol. The average molecular weight is 297 g/mol. The van der Waals surface area contributed by atoms with Crippen LogP contribution >= 0.6 is 0 Å². The lowest BCUT2D eigenvalue weighted by Crippen LogP contribution is -2.28. The van der Waals surface area contributed by atoms with Crippen LogP contribution in [0.5, 0.6) is 5.75 Å². The molecule has 2 amide bonds. The molecule has 2 aromatic rings. The molecule has 2 aromatic carbocycles. The fraction of sp³-hybridized carbons (Fsp3) is 0.125. The number of fused-ring (bicyclic) bond motifs is 1. The van der Waals surface area contributed by atoms with Gasteiger partial charge in [-0.3, -0.25) is 9.59 Å². The molecule has 1 unspecified atom stereocenters. The highest BCUT2D eigenvalue weighted by Gasteiger charge is 2.20. The van der Waals surface area contributed by atoms with Gasteiger partial charge in [-0.2, -0.15) is 0 Å². The molecule has 0 aliphatic carbocycles. The van der Waals surface area contributed by atoms with Crippen molar-refractivity contribution in [1.82, 2.24) is 0 Å². The maximum atomic E-state index is 11.7. The van der Waals surface area contributed by atoms with Crippen molar-refractivity contribution in [3.05, 3.63) is 54.1 Å². The highest BCUT2D eigenvalue weighted by Crippen LogP contribution is 2.31. The third-order valence-electron chi connectivity index (χ3n) is 3.34. The number of carbonyl (C=O) groups is 2. The van der Waals surface area contributed by atoms with E-state index < -0.39 is 11.9 Å². The molecule has 0 bridgehead atoms. The Balaban J connectivity index is 1.86. The van der Waals surface area contributed by atoms with Gasteiger partial charge in [-0.15, -0.1) is 0 Å². The molecular formula is C16H15N3O3. The molecule has 0 radical (unpaired) electrons. The number of nitrogens with one attached hydrogen (secondary N) is 2. The van der Waals surface area contributed by atoms with Gasteiger partial charge in [0.1, 0.15) is 11.8 Å². The van der Waals surface area contributed by atoms with Crippen LogP contribution in [0.2, 0.25) is 0 Å². The maximum absolute atomic E-state index is 11.7. The molecule has 1 aliphatic heterocycles. The molecule has 6 heteroatoms. The summed E-state index contributed by atoms with van der Waals surface area (Å²) in [4.78, 5) is 23.1. The molecule has 112 valence electrons. The molecule has 22 heavy (non-hydrogen) atoms. The Morgan fingerprint density at radius 1 is 1.23 bits per heavy atom. The van der Waals surface area contributed by atoms with Crippen molar-refractivity contribution in [1.29, 1.82) is 0 Å². The van der Waals surface area contributed by atoms with Gasteiger partial charge in [0.05, 0.1) is 5.69 Å². The van der Waals surface area contributed by atoms with E-state index in [0.29, 0.717) is 17.1 Å². The molecule has 4 N–H and O–H groups in total. The lowest BCUT2D eigenvalue weighted by molar-refractivity contribution is -0.119. The molecule has 0 spiro atoms. The molecule has 1 atom stereocenters. The van der Waals surface area contributed by atoms with E-state index >= 15 is 0 Å². The first-order chi connectivity index (χ1) is 10.6. The Morgan fingerprint density at radius 2 is 2.00 bits per heavy atom. The number of carbonyl (C=O) groups excluding carboxylic acids is 2. The Bertz CT molecular complexity index is 716. The summed E-state index contributed by atoms with van der Waals surface area (Å²) in [5.74, 6) is -0.0937. The van der Waals surface area contributed by atoms with Crippen LogP contribution in [0.4, 0.5) is 11.4 Å². The first-order valence-corrected chi connectivity index (χ1v) is 6.81. The molecule has 3 rings (SSSR count). The summed E-state index contributed by atoms with van der Waals surface area (Å²) in [6.45, 7) is 0.00764. The Kier molecular flexibility index (Phi) is 3.65. The van der Waals surface area contributed by atoms with Crippen LogP contribution in [0.25, 0.3) is 0 Å². The molecular weight excluding hydrogens is 282 g/mol. The van der Waals surface area contributed by atoms with Crippen molar-refractivity contribution < 1.29 is 14.3 Å². The highest BCUT2D eigenvalue weighted by atomic mass is 16.5. The molecule has 0 saturated heterocycles. The maximum Gasteiger partial charge on any atom is 0.262 e. The van der Waals surface area contributed by atoms with Crippen LogP contribution < -0.4 is 21.1 Å². The van der Waals surface area contributed by atoms with E-state index in [2.05, 4.69) is 10.6 Å². The van der Waals surface area contributed by atoms with Gasteiger partial charge in [-0.1, -0.05) is 30.3 Å². The Morgan fingerprint density at radius 3 is 2.73 bits per heavy atom. The molecule has 1 heterocycles. The van der Waals surface area contributed by atoms with E-state index in [1.807, 2.05) is 30.3 Å². The van der Waals surface area contributed by atoms with E-state index in [9.17, 15) is 9.59 Å². The molecule has 6 nitrogen and oxygen atoms in total. The molecule has 0 saturated carbocycles. The first-order valence-electron chi connectivity index (χ1n) is 6.81. The van der Waals surface area contributed by atoms with Gasteiger partial charge in [-0.05, 0) is 23.8 Å². The zero-order chi connectivity index (χ0) is 15.5. The number of benzene rings is 2. The summed E-state index contributed by atoms with van der Waals surface area (Å²) in [5.41, 5.74) is 7.48. The van der Waals surface area contributed by atoms with Crippen molar-refractivity contribution in [3.8, 4) is 5.75 Å². The third kappa shape index (κ3) is 2.85. The summed E-state index contributed by atoms with van der Waals surface area (Å²) in [6, 6.07) is 13.8. The predicted octanol–water partition coefficient (Wildman–Crippen LogP) is 1.66. The van der Waals surface area contributed by atoms with Gasteiger partial charge >= 0.3 is 0 Å². The molecule has 1 aliphatic rings. The lowest BCUT2D eigenvalue weighted by Gasteiger charge is -2.21. The quantitative estimate of drug-likeness (QED) is 0.800. The van der Waals surface area contributed by atoms with Gasteiger partial charge in [-0.25, -0.2) is 0 Å². The molecule has 0 aromatic heterocycles. The smallest absolute Gasteiger partial charge is 0.262 e. The van der Waals surface area contributed by atoms with Crippen molar-refractivity contribution in [2.24, 2.45) is 5.73 Å². The number of anilines is 2. The number of rotatable bonds is 4. The highest BCUT2D eigenvalue weighted by molar-refractivity contribution is 5.96. The summed E-state index contributed by atoms with van der Waals surface area (Å²) < 4.78 is 5.30. The topological polar surface area (TPSA) is 93.5 Å². The van der Waals surface area contributed by atoms with Gasteiger partial charge in [0.25, 0.3) is 5.91 Å². The number of primary amides is 1. The van der Waals surface area contributed by atoms with Gasteiger partial charge in [0.2, 0.25) is 5.91 Å². The third-order valence-corrected chi connectivity index (χ3v) is 3.34. The van der Waals surface area contributed by atoms with Crippen molar-refractivity contribution in [2.45, 2.75) is 6.04 Å². The fourth-order valence-corrected chi connectivity index (χ4v) is 2.30. The van der Waals surface area contributed by atoms with E-state index in [1.165, 1.54) is 0 Å². The van der Waals surface area contributed by atoms with E-state index in [1.54, 1.807) is 18.2 Å². The standard InChI is InChI=1S/C16H15N3O3/c17-16(21)15(10-4-2-1-3-5-10)18-11-6-7-13-12(8-11)19-14(20)9-22-13/h1-8,15,18H,9H2,(H2,17,21)(H,19,20). The van der Waals surface area contributed by atoms with Crippen molar-refractivity contribution in [3.63, 3.8) is 0 Å². The van der Waals surface area contributed by atoms with Gasteiger partial charge in [0, 0.05) is 5.69 Å². The summed E-state index contributed by atoms with van der Waals surface area (Å²) in [6.07, 6.45) is 0. The summed E-state index contributed by atoms with van der Waals surface area (Å²) in [5, 5.41) is 5.80. The normalized spacial score (nSPS) is 14.3. The minimum atomic E-state index is -0.653. The van der Waals surface area contributed by atoms with Crippen LogP contribution in [0, 0.1) is 0 Å².